The highest BCUT2D eigenvalue weighted by Crippen LogP contribution is 2.36. The second kappa shape index (κ2) is 13.6. The van der Waals surface area contributed by atoms with Crippen molar-refractivity contribution in [1.29, 1.82) is 5.26 Å². The smallest absolute Gasteiger partial charge is 0.263 e. The van der Waals surface area contributed by atoms with Crippen LogP contribution in [0.5, 0.6) is 0 Å². The Morgan fingerprint density at radius 2 is 2.00 bits per heavy atom. The lowest BCUT2D eigenvalue weighted by molar-refractivity contribution is 0.0754. The molecule has 10 nitrogen and oxygen atoms in total. The average Bonchev–Trinajstić information content (AvgIpc) is 3.51. The Bertz CT molecular complexity index is 2230. The first-order chi connectivity index (χ1) is 23.1. The number of carbonyl (C=O) groups is 1. The Labute approximate surface area is 283 Å². The van der Waals surface area contributed by atoms with E-state index in [9.17, 15) is 23.6 Å². The van der Waals surface area contributed by atoms with Gasteiger partial charge >= 0.3 is 0 Å². The van der Waals surface area contributed by atoms with E-state index in [0.717, 1.165) is 15.8 Å². The van der Waals surface area contributed by atoms with Gasteiger partial charge in [-0.25, -0.2) is 18.7 Å². The van der Waals surface area contributed by atoms with Gasteiger partial charge in [0.05, 0.1) is 46.0 Å². The standard InChI is InChI=1S/C34H29ClF2N8O2S/c1-19-42-27-16-41-33(43(2)22-8-12-44(13-9-22)17-28(36)37)25(15-38)29(27)34(47)45(19)11-3-4-20-5-6-21(35)14-24(20)23-7-10-40-30-26(32(39)46)18-48-31(23)30/h5-7,10,14,16,18,22,28H,8-9,11-13,17H2,1-2H3,(H2,39,46). The number of aryl methyl sites for hydroxylation is 1. The van der Waals surface area contributed by atoms with Gasteiger partial charge in [-0.05, 0) is 44.0 Å². The number of benzene rings is 1. The zero-order valence-electron chi connectivity index (χ0n) is 26.0. The summed E-state index contributed by atoms with van der Waals surface area (Å²) in [7, 11) is 1.80. The molecule has 0 saturated carbocycles. The molecule has 2 N–H and O–H groups in total. The third-order valence-corrected chi connectivity index (χ3v) is 9.81. The van der Waals surface area contributed by atoms with Gasteiger partial charge in [0.2, 0.25) is 0 Å². The van der Waals surface area contributed by atoms with E-state index < -0.39 is 17.9 Å². The van der Waals surface area contributed by atoms with Crippen LogP contribution in [0.2, 0.25) is 5.02 Å². The molecule has 1 saturated heterocycles. The molecule has 0 radical (unpaired) electrons. The number of nitrogens with two attached hydrogens (primary N) is 1. The van der Waals surface area contributed by atoms with Crippen LogP contribution in [-0.4, -0.2) is 69.5 Å². The number of fused-ring (bicyclic) bond motifs is 2. The van der Waals surface area contributed by atoms with Crippen molar-refractivity contribution < 1.29 is 13.6 Å². The molecule has 1 aliphatic heterocycles. The number of aromatic nitrogens is 4. The second-order valence-electron chi connectivity index (χ2n) is 11.5. The molecule has 0 bridgehead atoms. The molecule has 0 spiro atoms. The molecule has 0 atom stereocenters. The van der Waals surface area contributed by atoms with Crippen molar-refractivity contribution in [3.8, 4) is 29.0 Å². The number of amides is 1. The molecule has 1 fully saturated rings. The summed E-state index contributed by atoms with van der Waals surface area (Å²) in [6.45, 7) is 2.43. The number of pyridine rings is 2. The summed E-state index contributed by atoms with van der Waals surface area (Å²) in [5.41, 5.74) is 8.53. The van der Waals surface area contributed by atoms with Crippen LogP contribution < -0.4 is 16.2 Å². The predicted octanol–water partition coefficient (Wildman–Crippen LogP) is 5.22. The SMILES string of the molecule is Cc1nc2cnc(N(C)C3CCN(CC(F)F)CC3)c(C#N)c2c(=O)n1CC#Cc1ccc(Cl)cc1-c1ccnc2c(C(N)=O)csc12. The maximum Gasteiger partial charge on any atom is 0.263 e. The van der Waals surface area contributed by atoms with Crippen LogP contribution in [0.1, 0.15) is 40.2 Å². The number of hydrogen-bond donors (Lipinski definition) is 1. The lowest BCUT2D eigenvalue weighted by Gasteiger charge is -2.37. The van der Waals surface area contributed by atoms with Crippen molar-refractivity contribution in [2.75, 3.05) is 31.6 Å². The molecule has 1 aliphatic rings. The first kappa shape index (κ1) is 33.0. The quantitative estimate of drug-likeness (QED) is 0.231. The van der Waals surface area contributed by atoms with Crippen molar-refractivity contribution in [2.24, 2.45) is 5.73 Å². The molecule has 1 amide bonds. The van der Waals surface area contributed by atoms with E-state index in [-0.39, 0.29) is 30.1 Å². The highest BCUT2D eigenvalue weighted by molar-refractivity contribution is 7.18. The lowest BCUT2D eigenvalue weighted by Crippen LogP contribution is -2.45. The molecular weight excluding hydrogens is 658 g/mol. The number of halogens is 3. The van der Waals surface area contributed by atoms with Crippen molar-refractivity contribution in [3.05, 3.63) is 79.9 Å². The number of primary amides is 1. The first-order valence-corrected chi connectivity index (χ1v) is 16.3. The summed E-state index contributed by atoms with van der Waals surface area (Å²) in [6, 6.07) is 9.25. The minimum Gasteiger partial charge on any atom is -0.366 e. The van der Waals surface area contributed by atoms with Crippen LogP contribution >= 0.6 is 22.9 Å². The van der Waals surface area contributed by atoms with Crippen LogP contribution in [0.25, 0.3) is 32.2 Å². The summed E-state index contributed by atoms with van der Waals surface area (Å²) < 4.78 is 27.9. The van der Waals surface area contributed by atoms with Gasteiger partial charge in [-0.2, -0.15) is 5.26 Å². The fourth-order valence-electron chi connectivity index (χ4n) is 6.11. The van der Waals surface area contributed by atoms with Crippen molar-refractivity contribution in [1.82, 2.24) is 24.4 Å². The van der Waals surface area contributed by atoms with Gasteiger partial charge < -0.3 is 10.6 Å². The number of hydrogen-bond acceptors (Lipinski definition) is 9. The van der Waals surface area contributed by atoms with Gasteiger partial charge in [-0.1, -0.05) is 23.4 Å². The molecule has 5 aromatic rings. The lowest BCUT2D eigenvalue weighted by atomic mass is 10.00. The maximum absolute atomic E-state index is 13.9. The third-order valence-electron chi connectivity index (χ3n) is 8.57. The van der Waals surface area contributed by atoms with Crippen molar-refractivity contribution in [2.45, 2.75) is 38.8 Å². The van der Waals surface area contributed by atoms with Crippen molar-refractivity contribution >= 4 is 55.8 Å². The van der Waals surface area contributed by atoms with E-state index in [2.05, 4.69) is 32.9 Å². The van der Waals surface area contributed by atoms with Gasteiger partial charge in [0.1, 0.15) is 23.3 Å². The number of rotatable bonds is 7. The maximum atomic E-state index is 13.9. The first-order valence-electron chi connectivity index (χ1n) is 15.1. The van der Waals surface area contributed by atoms with E-state index in [1.54, 1.807) is 48.6 Å². The number of thiophene rings is 1. The van der Waals surface area contributed by atoms with E-state index in [1.807, 2.05) is 11.0 Å². The normalized spacial score (nSPS) is 13.9. The van der Waals surface area contributed by atoms with Gasteiger partial charge in [0.25, 0.3) is 17.9 Å². The molecule has 6 rings (SSSR count). The average molecular weight is 687 g/mol. The number of carbonyl (C=O) groups excluding carboxylic acids is 1. The van der Waals surface area contributed by atoms with Crippen molar-refractivity contribution in [3.63, 3.8) is 0 Å². The second-order valence-corrected chi connectivity index (χ2v) is 12.8. The third kappa shape index (κ3) is 6.32. The minimum absolute atomic E-state index is 0.00673. The van der Waals surface area contributed by atoms with Gasteiger partial charge in [0, 0.05) is 59.5 Å². The van der Waals surface area contributed by atoms with Gasteiger partial charge in [0.15, 0.2) is 0 Å². The molecule has 14 heteroatoms. The zero-order valence-corrected chi connectivity index (χ0v) is 27.6. The fourth-order valence-corrected chi connectivity index (χ4v) is 7.32. The number of likely N-dealkylation sites (tertiary alicyclic amines) is 1. The van der Waals surface area contributed by atoms with E-state index >= 15 is 0 Å². The molecule has 1 aromatic carbocycles. The predicted molar refractivity (Wildman–Crippen MR) is 183 cm³/mol. The Morgan fingerprint density at radius 1 is 1.23 bits per heavy atom. The fraction of sp³-hybridized carbons (Fsp3) is 0.294. The summed E-state index contributed by atoms with van der Waals surface area (Å²) in [6.07, 6.45) is 1.94. The van der Waals surface area contributed by atoms with Gasteiger partial charge in [-0.3, -0.25) is 24.0 Å². The largest absolute Gasteiger partial charge is 0.366 e. The number of alkyl halides is 2. The van der Waals surface area contributed by atoms with E-state index in [4.69, 9.17) is 17.3 Å². The molecule has 244 valence electrons. The van der Waals surface area contributed by atoms with Gasteiger partial charge in [-0.15, -0.1) is 11.3 Å². The Kier molecular flexibility index (Phi) is 9.38. The minimum atomic E-state index is -2.39. The zero-order chi connectivity index (χ0) is 34.1. The summed E-state index contributed by atoms with van der Waals surface area (Å²) in [5.74, 6) is 6.44. The highest BCUT2D eigenvalue weighted by Gasteiger charge is 2.27. The molecular formula is C34H29ClF2N8O2S. The highest BCUT2D eigenvalue weighted by atomic mass is 35.5. The number of nitriles is 1. The topological polar surface area (TPSA) is 134 Å². The molecule has 48 heavy (non-hydrogen) atoms. The Hall–Kier alpha value is -4.95. The summed E-state index contributed by atoms with van der Waals surface area (Å²) >= 11 is 7.73. The van der Waals surface area contributed by atoms with E-state index in [1.165, 1.54) is 22.1 Å². The monoisotopic (exact) mass is 686 g/mol. The summed E-state index contributed by atoms with van der Waals surface area (Å²) in [4.78, 5) is 42.9. The molecule has 4 aromatic heterocycles. The van der Waals surface area contributed by atoms with Crippen LogP contribution in [-0.2, 0) is 6.54 Å². The van der Waals surface area contributed by atoms with Crippen LogP contribution in [0.4, 0.5) is 14.6 Å². The molecule has 0 unspecified atom stereocenters. The molecule has 5 heterocycles. The van der Waals surface area contributed by atoms with Crippen LogP contribution in [0.15, 0.2) is 46.8 Å². The van der Waals surface area contributed by atoms with Crippen LogP contribution in [0.3, 0.4) is 0 Å². The number of anilines is 1. The summed E-state index contributed by atoms with van der Waals surface area (Å²) in [5, 5.41) is 12.5. The number of nitrogens with zero attached hydrogens (tertiary/aromatic N) is 7. The Balaban J connectivity index is 1.33. The van der Waals surface area contributed by atoms with E-state index in [0.29, 0.717) is 64.8 Å². The Morgan fingerprint density at radius 3 is 2.71 bits per heavy atom. The van der Waals surface area contributed by atoms with Crippen LogP contribution in [0, 0.1) is 30.1 Å². The number of piperidine rings is 1. The molecule has 0 aliphatic carbocycles.